The number of ether oxygens (including phenoxy) is 1. The number of aromatic nitrogens is 1. The molecule has 0 spiro atoms. The Morgan fingerprint density at radius 1 is 1.07 bits per heavy atom. The second kappa shape index (κ2) is 10.3. The van der Waals surface area contributed by atoms with Gasteiger partial charge < -0.3 is 15.4 Å². The number of hydrogen-bond donors (Lipinski definition) is 2. The van der Waals surface area contributed by atoms with Crippen molar-refractivity contribution in [1.29, 1.82) is 0 Å². The van der Waals surface area contributed by atoms with E-state index in [0.29, 0.717) is 11.7 Å². The first-order valence-corrected chi connectivity index (χ1v) is 11.3. The van der Waals surface area contributed by atoms with Gasteiger partial charge in [0.2, 0.25) is 11.8 Å². The van der Waals surface area contributed by atoms with E-state index in [-0.39, 0.29) is 17.6 Å². The zero-order valence-electron chi connectivity index (χ0n) is 17.0. The van der Waals surface area contributed by atoms with E-state index in [1.165, 1.54) is 30.0 Å². The number of nitrogens with one attached hydrogen (secondary N) is 2. The summed E-state index contributed by atoms with van der Waals surface area (Å²) in [4.78, 5) is 30.0. The second-order valence-electron chi connectivity index (χ2n) is 6.42. The molecule has 2 amide bonds. The van der Waals surface area contributed by atoms with E-state index in [1.54, 1.807) is 0 Å². The van der Waals surface area contributed by atoms with Crippen molar-refractivity contribution in [1.82, 2.24) is 4.98 Å². The van der Waals surface area contributed by atoms with Crippen LogP contribution < -0.4 is 15.4 Å². The Balaban J connectivity index is 1.56. The molecule has 2 N–H and O–H groups in total. The Hall–Kier alpha value is -2.84. The maximum absolute atomic E-state index is 12.3. The van der Waals surface area contributed by atoms with Crippen LogP contribution in [0, 0.1) is 6.92 Å². The average Bonchev–Trinajstić information content (AvgIpc) is 3.08. The molecule has 2 aromatic carbocycles. The molecule has 0 radical (unpaired) electrons. The number of aryl methyl sites for hydroxylation is 1. The summed E-state index contributed by atoms with van der Waals surface area (Å²) >= 11 is 2.88. The van der Waals surface area contributed by atoms with E-state index in [0.717, 1.165) is 32.5 Å². The zero-order valence-corrected chi connectivity index (χ0v) is 18.7. The van der Waals surface area contributed by atoms with Crippen molar-refractivity contribution in [3.8, 4) is 17.0 Å². The number of rotatable bonds is 8. The lowest BCUT2D eigenvalue weighted by Gasteiger charge is -2.05. The fraction of sp³-hybridized carbons (Fsp3) is 0.227. The normalized spacial score (nSPS) is 10.5. The number of benzene rings is 2. The number of amides is 2. The Kier molecular flexibility index (Phi) is 7.48. The summed E-state index contributed by atoms with van der Waals surface area (Å²) in [5.74, 6) is 0.872. The first-order valence-electron chi connectivity index (χ1n) is 9.45. The van der Waals surface area contributed by atoms with E-state index >= 15 is 0 Å². The fourth-order valence-electron chi connectivity index (χ4n) is 2.74. The Morgan fingerprint density at radius 3 is 2.40 bits per heavy atom. The number of hydrogen-bond acceptors (Lipinski definition) is 6. The van der Waals surface area contributed by atoms with Gasteiger partial charge in [0.1, 0.15) is 5.75 Å². The summed E-state index contributed by atoms with van der Waals surface area (Å²) in [5, 5.41) is 6.18. The minimum atomic E-state index is -0.113. The van der Waals surface area contributed by atoms with Gasteiger partial charge in [-0.1, -0.05) is 0 Å². The maximum atomic E-state index is 12.3. The third-order valence-corrected chi connectivity index (χ3v) is 5.92. The van der Waals surface area contributed by atoms with Crippen LogP contribution in [-0.4, -0.2) is 29.2 Å². The fourth-order valence-corrected chi connectivity index (χ4v) is 4.29. The van der Waals surface area contributed by atoms with Crippen molar-refractivity contribution in [3.05, 3.63) is 53.4 Å². The molecule has 0 aliphatic rings. The van der Waals surface area contributed by atoms with Gasteiger partial charge in [0, 0.05) is 27.9 Å². The second-order valence-corrected chi connectivity index (χ2v) is 8.68. The van der Waals surface area contributed by atoms with Gasteiger partial charge >= 0.3 is 0 Å². The first-order chi connectivity index (χ1) is 14.4. The van der Waals surface area contributed by atoms with Crippen LogP contribution in [0.25, 0.3) is 11.3 Å². The van der Waals surface area contributed by atoms with Crippen molar-refractivity contribution in [2.45, 2.75) is 25.7 Å². The first kappa shape index (κ1) is 21.9. The maximum Gasteiger partial charge on any atom is 0.236 e. The van der Waals surface area contributed by atoms with Gasteiger partial charge in [-0.25, -0.2) is 4.98 Å². The molecular weight excluding hydrogens is 418 g/mol. The Labute approximate surface area is 184 Å². The number of thioether (sulfide) groups is 1. The highest BCUT2D eigenvalue weighted by molar-refractivity contribution is 8.00. The van der Waals surface area contributed by atoms with Crippen LogP contribution >= 0.6 is 23.1 Å². The Morgan fingerprint density at radius 2 is 1.77 bits per heavy atom. The van der Waals surface area contributed by atoms with Crippen LogP contribution in [0.15, 0.2) is 53.4 Å². The monoisotopic (exact) mass is 441 g/mol. The molecule has 0 bridgehead atoms. The molecule has 1 heterocycles. The van der Waals surface area contributed by atoms with E-state index in [4.69, 9.17) is 4.74 Å². The molecule has 156 valence electrons. The van der Waals surface area contributed by atoms with Crippen molar-refractivity contribution < 1.29 is 14.3 Å². The van der Waals surface area contributed by atoms with Crippen molar-refractivity contribution >= 4 is 45.7 Å². The molecule has 1 aromatic heterocycles. The van der Waals surface area contributed by atoms with E-state index in [2.05, 4.69) is 15.6 Å². The standard InChI is InChI=1S/C22H23N3O3S2/c1-4-28-18-9-5-16(6-10-18)21-14(2)30-22(25-21)24-20(27)13-29-19-11-7-17(8-12-19)23-15(3)26/h5-12H,4,13H2,1-3H3,(H,23,26)(H,24,25,27). The van der Waals surface area contributed by atoms with Gasteiger partial charge in [0.05, 0.1) is 18.1 Å². The number of thiazole rings is 1. The van der Waals surface area contributed by atoms with E-state index in [9.17, 15) is 9.59 Å². The smallest absolute Gasteiger partial charge is 0.236 e. The lowest BCUT2D eigenvalue weighted by molar-refractivity contribution is -0.114. The minimum Gasteiger partial charge on any atom is -0.494 e. The third-order valence-electron chi connectivity index (χ3n) is 4.03. The number of carbonyl (C=O) groups excluding carboxylic acids is 2. The highest BCUT2D eigenvalue weighted by Crippen LogP contribution is 2.31. The van der Waals surface area contributed by atoms with Crippen molar-refractivity contribution in [3.63, 3.8) is 0 Å². The molecule has 6 nitrogen and oxygen atoms in total. The zero-order chi connectivity index (χ0) is 21.5. The summed E-state index contributed by atoms with van der Waals surface area (Å²) in [6.07, 6.45) is 0. The van der Waals surface area contributed by atoms with Crippen LogP contribution in [0.2, 0.25) is 0 Å². The van der Waals surface area contributed by atoms with Crippen molar-refractivity contribution in [2.75, 3.05) is 23.0 Å². The molecule has 0 fully saturated rings. The van der Waals surface area contributed by atoms with Gasteiger partial charge in [-0.05, 0) is 62.4 Å². The molecule has 8 heteroatoms. The molecule has 3 rings (SSSR count). The molecular formula is C22H23N3O3S2. The van der Waals surface area contributed by atoms with Crippen LogP contribution in [0.3, 0.4) is 0 Å². The molecule has 3 aromatic rings. The molecule has 0 saturated carbocycles. The minimum absolute atomic E-state index is 0.113. The summed E-state index contributed by atoms with van der Waals surface area (Å²) in [5.41, 5.74) is 2.58. The molecule has 0 atom stereocenters. The summed E-state index contributed by atoms with van der Waals surface area (Å²) in [6.45, 7) is 6.04. The van der Waals surface area contributed by atoms with Crippen molar-refractivity contribution in [2.24, 2.45) is 0 Å². The predicted octanol–water partition coefficient (Wildman–Crippen LogP) is 5.21. The number of nitrogens with zero attached hydrogens (tertiary/aromatic N) is 1. The molecule has 0 aliphatic carbocycles. The topological polar surface area (TPSA) is 80.3 Å². The van der Waals surface area contributed by atoms with Crippen LogP contribution in [0.4, 0.5) is 10.8 Å². The lowest BCUT2D eigenvalue weighted by atomic mass is 10.1. The van der Waals surface area contributed by atoms with Crippen LogP contribution in [0.1, 0.15) is 18.7 Å². The van der Waals surface area contributed by atoms with Gasteiger partial charge in [-0.3, -0.25) is 9.59 Å². The number of carbonyl (C=O) groups is 2. The lowest BCUT2D eigenvalue weighted by Crippen LogP contribution is -2.13. The van der Waals surface area contributed by atoms with Crippen LogP contribution in [-0.2, 0) is 9.59 Å². The molecule has 30 heavy (non-hydrogen) atoms. The molecule has 0 saturated heterocycles. The summed E-state index contributed by atoms with van der Waals surface area (Å²) < 4.78 is 5.48. The van der Waals surface area contributed by atoms with Gasteiger partial charge in [0.25, 0.3) is 0 Å². The molecule has 0 aliphatic heterocycles. The van der Waals surface area contributed by atoms with Gasteiger partial charge in [0.15, 0.2) is 5.13 Å². The highest BCUT2D eigenvalue weighted by atomic mass is 32.2. The van der Waals surface area contributed by atoms with Gasteiger partial charge in [-0.15, -0.1) is 23.1 Å². The summed E-state index contributed by atoms with van der Waals surface area (Å²) in [7, 11) is 0. The SMILES string of the molecule is CCOc1ccc(-c2nc(NC(=O)CSc3ccc(NC(C)=O)cc3)sc2C)cc1. The van der Waals surface area contributed by atoms with E-state index < -0.39 is 0 Å². The van der Waals surface area contributed by atoms with E-state index in [1.807, 2.05) is 62.4 Å². The predicted molar refractivity (Wildman–Crippen MR) is 124 cm³/mol. The Bertz CT molecular complexity index is 1020. The summed E-state index contributed by atoms with van der Waals surface area (Å²) in [6, 6.07) is 15.2. The number of anilines is 2. The largest absolute Gasteiger partial charge is 0.494 e. The average molecular weight is 442 g/mol. The van der Waals surface area contributed by atoms with Gasteiger partial charge in [-0.2, -0.15) is 0 Å². The third kappa shape index (κ3) is 6.08. The highest BCUT2D eigenvalue weighted by Gasteiger charge is 2.12. The van der Waals surface area contributed by atoms with Crippen LogP contribution in [0.5, 0.6) is 5.75 Å². The molecule has 0 unspecified atom stereocenters. The quantitative estimate of drug-likeness (QED) is 0.469.